The molecule has 5 rings (SSSR count). The summed E-state index contributed by atoms with van der Waals surface area (Å²) >= 11 is 0. The Hall–Kier alpha value is -4.14. The summed E-state index contributed by atoms with van der Waals surface area (Å²) in [7, 11) is 1.81. The molecule has 0 amide bonds. The number of fused-ring (bicyclic) bond motifs is 2. The number of aliphatic hydroxyl groups is 1. The number of ether oxygens (including phenoxy) is 3. The summed E-state index contributed by atoms with van der Waals surface area (Å²) in [6, 6.07) is 18.4. The minimum Gasteiger partial charge on any atom is -0.493 e. The van der Waals surface area contributed by atoms with Gasteiger partial charge in [-0.25, -0.2) is 4.79 Å². The molecule has 0 saturated heterocycles. The maximum atomic E-state index is 13.1. The van der Waals surface area contributed by atoms with E-state index in [0.29, 0.717) is 37.4 Å². The maximum absolute atomic E-state index is 13.1. The van der Waals surface area contributed by atoms with Crippen molar-refractivity contribution in [3.63, 3.8) is 0 Å². The molecule has 5 aromatic rings. The first-order valence-electron chi connectivity index (χ1n) is 14.5. The van der Waals surface area contributed by atoms with Gasteiger partial charge in [0.2, 0.25) is 0 Å². The molecule has 220 valence electrons. The number of nitrogens with one attached hydrogen (secondary N) is 1. The van der Waals surface area contributed by atoms with E-state index in [4.69, 9.17) is 14.2 Å². The average molecular weight is 570 g/mol. The molecule has 0 saturated carbocycles. The van der Waals surface area contributed by atoms with Crippen molar-refractivity contribution in [2.75, 3.05) is 13.2 Å². The summed E-state index contributed by atoms with van der Waals surface area (Å²) in [5.41, 5.74) is 6.38. The van der Waals surface area contributed by atoms with E-state index in [0.717, 1.165) is 49.8 Å². The highest BCUT2D eigenvalue weighted by molar-refractivity contribution is 6.04. The van der Waals surface area contributed by atoms with Gasteiger partial charge in [-0.15, -0.1) is 0 Å². The van der Waals surface area contributed by atoms with Gasteiger partial charge in [0.1, 0.15) is 11.4 Å². The highest BCUT2D eigenvalue weighted by Crippen LogP contribution is 2.37. The van der Waals surface area contributed by atoms with E-state index in [9.17, 15) is 9.90 Å². The van der Waals surface area contributed by atoms with Crippen LogP contribution in [-0.4, -0.2) is 45.2 Å². The first kappa shape index (κ1) is 29.4. The Balaban J connectivity index is 1.49. The number of rotatable bonds is 12. The standard InChI is InChI=1S/C34H39N3O5/c1-6-40-34(39)33-25(13-9-17-41-30-14-7-10-23-16-15-22(4)18-27(23)30)24-11-8-12-26(32(24)35-33)31-28(20-42-21(2)3)36-37(5)29(31)19-38/h7-8,10-12,14-16,18,21,35,38H,6,9,13,17,19-20H2,1-5H3. The van der Waals surface area contributed by atoms with Crippen LogP contribution in [-0.2, 0) is 36.2 Å². The largest absolute Gasteiger partial charge is 0.493 e. The molecule has 8 nitrogen and oxygen atoms in total. The highest BCUT2D eigenvalue weighted by Gasteiger charge is 2.24. The molecule has 0 unspecified atom stereocenters. The van der Waals surface area contributed by atoms with E-state index in [2.05, 4.69) is 41.3 Å². The Morgan fingerprint density at radius 3 is 2.67 bits per heavy atom. The van der Waals surface area contributed by atoms with Crippen LogP contribution in [0.15, 0.2) is 54.6 Å². The lowest BCUT2D eigenvalue weighted by molar-refractivity contribution is 0.0519. The second-order valence-corrected chi connectivity index (χ2v) is 10.8. The van der Waals surface area contributed by atoms with Crippen molar-refractivity contribution in [1.82, 2.24) is 14.8 Å². The quantitative estimate of drug-likeness (QED) is 0.129. The number of hydrogen-bond donors (Lipinski definition) is 2. The minimum atomic E-state index is -0.392. The Morgan fingerprint density at radius 2 is 1.90 bits per heavy atom. The molecule has 0 bridgehead atoms. The Labute approximate surface area is 246 Å². The van der Waals surface area contributed by atoms with Gasteiger partial charge in [-0.3, -0.25) is 4.68 Å². The van der Waals surface area contributed by atoms with Crippen LogP contribution >= 0.6 is 0 Å². The van der Waals surface area contributed by atoms with Gasteiger partial charge in [0.05, 0.1) is 49.4 Å². The Morgan fingerprint density at radius 1 is 1.10 bits per heavy atom. The van der Waals surface area contributed by atoms with Crippen LogP contribution in [0.3, 0.4) is 0 Å². The van der Waals surface area contributed by atoms with Crippen molar-refractivity contribution in [1.29, 1.82) is 0 Å². The lowest BCUT2D eigenvalue weighted by atomic mass is 9.98. The molecule has 0 aliphatic carbocycles. The molecule has 0 fully saturated rings. The first-order valence-corrected chi connectivity index (χ1v) is 14.5. The summed E-state index contributed by atoms with van der Waals surface area (Å²) in [5, 5.41) is 18.1. The molecule has 0 atom stereocenters. The van der Waals surface area contributed by atoms with E-state index in [1.807, 2.05) is 51.2 Å². The molecule has 42 heavy (non-hydrogen) atoms. The number of aliphatic hydroxyl groups excluding tert-OH is 1. The molecule has 2 heterocycles. The van der Waals surface area contributed by atoms with Crippen molar-refractivity contribution in [2.24, 2.45) is 7.05 Å². The highest BCUT2D eigenvalue weighted by atomic mass is 16.5. The van der Waals surface area contributed by atoms with E-state index >= 15 is 0 Å². The molecule has 3 aromatic carbocycles. The van der Waals surface area contributed by atoms with Crippen LogP contribution < -0.4 is 4.74 Å². The fourth-order valence-corrected chi connectivity index (χ4v) is 5.49. The monoisotopic (exact) mass is 569 g/mol. The number of nitrogens with zero attached hydrogens (tertiary/aromatic N) is 2. The number of aryl methyl sites for hydroxylation is 3. The minimum absolute atomic E-state index is 0.0286. The lowest BCUT2D eigenvalue weighted by Crippen LogP contribution is -2.09. The Kier molecular flexibility index (Phi) is 8.94. The summed E-state index contributed by atoms with van der Waals surface area (Å²) in [6.45, 7) is 8.73. The van der Waals surface area contributed by atoms with Gasteiger partial charge in [0.25, 0.3) is 0 Å². The van der Waals surface area contributed by atoms with Gasteiger partial charge in [0.15, 0.2) is 0 Å². The van der Waals surface area contributed by atoms with Crippen LogP contribution in [0, 0.1) is 6.92 Å². The number of carbonyl (C=O) groups excluding carboxylic acids is 1. The summed E-state index contributed by atoms with van der Waals surface area (Å²) in [6.07, 6.45) is 1.35. The van der Waals surface area contributed by atoms with Crippen LogP contribution in [0.4, 0.5) is 0 Å². The first-order chi connectivity index (χ1) is 20.3. The van der Waals surface area contributed by atoms with Crippen LogP contribution in [0.25, 0.3) is 32.8 Å². The average Bonchev–Trinajstić information content (AvgIpc) is 3.51. The van der Waals surface area contributed by atoms with Crippen molar-refractivity contribution < 1.29 is 24.1 Å². The molecule has 8 heteroatoms. The normalized spacial score (nSPS) is 11.6. The van der Waals surface area contributed by atoms with Crippen LogP contribution in [0.2, 0.25) is 0 Å². The number of aromatic amines is 1. The van der Waals surface area contributed by atoms with Crippen molar-refractivity contribution in [2.45, 2.75) is 59.9 Å². The summed E-state index contributed by atoms with van der Waals surface area (Å²) in [4.78, 5) is 16.5. The second-order valence-electron chi connectivity index (χ2n) is 10.8. The molecular formula is C34H39N3O5. The summed E-state index contributed by atoms with van der Waals surface area (Å²) in [5.74, 6) is 0.462. The van der Waals surface area contributed by atoms with Crippen molar-refractivity contribution in [3.05, 3.63) is 82.8 Å². The molecule has 0 radical (unpaired) electrons. The van der Waals surface area contributed by atoms with Crippen molar-refractivity contribution >= 4 is 27.6 Å². The zero-order valence-electron chi connectivity index (χ0n) is 25.0. The van der Waals surface area contributed by atoms with Crippen LogP contribution in [0.1, 0.15) is 60.2 Å². The third-order valence-corrected chi connectivity index (χ3v) is 7.46. The molecular weight excluding hydrogens is 530 g/mol. The number of benzene rings is 3. The van der Waals surface area contributed by atoms with E-state index < -0.39 is 5.97 Å². The third kappa shape index (κ3) is 5.91. The van der Waals surface area contributed by atoms with E-state index in [1.165, 1.54) is 5.56 Å². The number of hydrogen-bond acceptors (Lipinski definition) is 6. The zero-order valence-corrected chi connectivity index (χ0v) is 25.0. The van der Waals surface area contributed by atoms with Gasteiger partial charge in [-0.1, -0.05) is 48.0 Å². The molecule has 0 aliphatic heterocycles. The number of esters is 1. The van der Waals surface area contributed by atoms with E-state index in [-0.39, 0.29) is 19.3 Å². The van der Waals surface area contributed by atoms with Gasteiger partial charge in [0, 0.05) is 28.9 Å². The van der Waals surface area contributed by atoms with Crippen LogP contribution in [0.5, 0.6) is 5.75 Å². The van der Waals surface area contributed by atoms with Gasteiger partial charge < -0.3 is 24.3 Å². The molecule has 0 aliphatic rings. The predicted molar refractivity (Wildman–Crippen MR) is 165 cm³/mol. The third-order valence-electron chi connectivity index (χ3n) is 7.46. The molecule has 2 aromatic heterocycles. The predicted octanol–water partition coefficient (Wildman–Crippen LogP) is 6.64. The number of para-hydroxylation sites is 1. The van der Waals surface area contributed by atoms with E-state index in [1.54, 1.807) is 11.6 Å². The number of aromatic nitrogens is 3. The van der Waals surface area contributed by atoms with Gasteiger partial charge in [-0.2, -0.15) is 5.10 Å². The van der Waals surface area contributed by atoms with Gasteiger partial charge in [-0.05, 0) is 63.6 Å². The maximum Gasteiger partial charge on any atom is 0.355 e. The second kappa shape index (κ2) is 12.8. The fourth-order valence-electron chi connectivity index (χ4n) is 5.49. The fraction of sp³-hybridized carbons (Fsp3) is 0.353. The number of H-pyrrole nitrogens is 1. The zero-order chi connectivity index (χ0) is 29.8. The van der Waals surface area contributed by atoms with Gasteiger partial charge >= 0.3 is 5.97 Å². The SMILES string of the molecule is CCOC(=O)c1[nH]c2c(-c3c(COC(C)C)nn(C)c3CO)cccc2c1CCCOc1cccc2ccc(C)cc12. The summed E-state index contributed by atoms with van der Waals surface area (Å²) < 4.78 is 19.3. The van der Waals surface area contributed by atoms with Crippen molar-refractivity contribution in [3.8, 4) is 16.9 Å². The Bertz CT molecular complexity index is 1720. The molecule has 0 spiro atoms. The smallest absolute Gasteiger partial charge is 0.355 e. The lowest BCUT2D eigenvalue weighted by Gasteiger charge is -2.11. The topological polar surface area (TPSA) is 98.6 Å². The number of carbonyl (C=O) groups is 1. The molecule has 2 N–H and O–H groups in total.